The number of rotatable bonds is 3. The molecule has 0 radical (unpaired) electrons. The van der Waals surface area contributed by atoms with E-state index < -0.39 is 0 Å². The largest absolute Gasteiger partial charge is 0.383 e. The van der Waals surface area contributed by atoms with Crippen LogP contribution in [0.5, 0.6) is 0 Å². The minimum Gasteiger partial charge on any atom is -0.383 e. The second kappa shape index (κ2) is 5.84. The Morgan fingerprint density at radius 1 is 1.42 bits per heavy atom. The van der Waals surface area contributed by atoms with Gasteiger partial charge in [-0.05, 0) is 40.0 Å². The average Bonchev–Trinajstić information content (AvgIpc) is 2.42. The lowest BCUT2D eigenvalue weighted by Gasteiger charge is -2.10. The molecule has 4 nitrogen and oxygen atoms in total. The van der Waals surface area contributed by atoms with E-state index in [-0.39, 0.29) is 11.7 Å². The molecule has 0 atom stereocenters. The maximum absolute atomic E-state index is 12.2. The summed E-state index contributed by atoms with van der Waals surface area (Å²) in [6.45, 7) is 2.04. The molecule has 0 saturated carbocycles. The third-order valence-corrected chi connectivity index (χ3v) is 3.21. The van der Waals surface area contributed by atoms with Gasteiger partial charge in [0.2, 0.25) is 0 Å². The highest BCUT2D eigenvalue weighted by Gasteiger charge is 2.12. The minimum atomic E-state index is -0.257. The number of benzene rings is 1. The van der Waals surface area contributed by atoms with Crippen molar-refractivity contribution in [2.75, 3.05) is 11.1 Å². The normalized spacial score (nSPS) is 10.2. The number of nitrogens with zero attached hydrogens (tertiary/aromatic N) is 1. The van der Waals surface area contributed by atoms with E-state index in [1.54, 1.807) is 12.3 Å². The number of nitrogen functional groups attached to an aromatic ring is 1. The topological polar surface area (TPSA) is 68.0 Å². The zero-order valence-corrected chi connectivity index (χ0v) is 12.1. The van der Waals surface area contributed by atoms with E-state index in [1.165, 1.54) is 0 Å². The van der Waals surface area contributed by atoms with Crippen molar-refractivity contribution < 1.29 is 4.79 Å². The van der Waals surface area contributed by atoms with Crippen LogP contribution in [0.3, 0.4) is 0 Å². The molecule has 1 aromatic heterocycles. The zero-order valence-electron chi connectivity index (χ0n) is 10.5. The molecule has 0 spiro atoms. The molecule has 0 bridgehead atoms. The number of nitrogens with one attached hydrogen (secondary N) is 1. The molecule has 5 heteroatoms. The van der Waals surface area contributed by atoms with Crippen molar-refractivity contribution in [3.63, 3.8) is 0 Å². The number of aromatic nitrogens is 1. The first-order valence-corrected chi connectivity index (χ1v) is 6.71. The number of amides is 1. The van der Waals surface area contributed by atoms with Crippen LogP contribution >= 0.6 is 15.9 Å². The smallest absolute Gasteiger partial charge is 0.259 e. The summed E-state index contributed by atoms with van der Waals surface area (Å²) in [5, 5.41) is 2.87. The van der Waals surface area contributed by atoms with E-state index in [9.17, 15) is 4.79 Å². The number of pyridine rings is 1. The summed E-state index contributed by atoms with van der Waals surface area (Å²) < 4.78 is 0.718. The number of halogens is 1. The van der Waals surface area contributed by atoms with Crippen LogP contribution in [0.4, 0.5) is 11.5 Å². The zero-order chi connectivity index (χ0) is 13.8. The number of hydrogen-bond acceptors (Lipinski definition) is 3. The van der Waals surface area contributed by atoms with E-state index >= 15 is 0 Å². The predicted octanol–water partition coefficient (Wildman–Crippen LogP) is 3.24. The lowest BCUT2D eigenvalue weighted by molar-refractivity contribution is 0.102. The van der Waals surface area contributed by atoms with Crippen LogP contribution in [0.2, 0.25) is 0 Å². The van der Waals surface area contributed by atoms with E-state index in [1.807, 2.05) is 31.2 Å². The fourth-order valence-corrected chi connectivity index (χ4v) is 2.10. The molecule has 2 rings (SSSR count). The molecule has 3 N–H and O–H groups in total. The Bertz CT molecular complexity index is 613. The van der Waals surface area contributed by atoms with Gasteiger partial charge in [0.25, 0.3) is 5.91 Å². The number of carbonyl (C=O) groups is 1. The van der Waals surface area contributed by atoms with E-state index in [4.69, 9.17) is 5.73 Å². The number of nitrogens with two attached hydrogens (primary N) is 1. The van der Waals surface area contributed by atoms with E-state index in [0.29, 0.717) is 5.56 Å². The Morgan fingerprint density at radius 2 is 2.16 bits per heavy atom. The summed E-state index contributed by atoms with van der Waals surface area (Å²) in [6, 6.07) is 9.35. The van der Waals surface area contributed by atoms with Crippen molar-refractivity contribution in [2.45, 2.75) is 13.3 Å². The van der Waals surface area contributed by atoms with Gasteiger partial charge in [0.05, 0.1) is 5.56 Å². The monoisotopic (exact) mass is 319 g/mol. The summed E-state index contributed by atoms with van der Waals surface area (Å²) in [6.07, 6.45) is 2.41. The summed E-state index contributed by atoms with van der Waals surface area (Å²) in [5.41, 5.74) is 7.96. The molecular weight excluding hydrogens is 306 g/mol. The van der Waals surface area contributed by atoms with Crippen molar-refractivity contribution in [3.8, 4) is 0 Å². The van der Waals surface area contributed by atoms with Gasteiger partial charge < -0.3 is 11.1 Å². The van der Waals surface area contributed by atoms with Crippen LogP contribution < -0.4 is 11.1 Å². The second-order valence-corrected chi connectivity index (χ2v) is 4.97. The maximum Gasteiger partial charge on any atom is 0.259 e. The van der Waals surface area contributed by atoms with E-state index in [0.717, 1.165) is 22.1 Å². The summed E-state index contributed by atoms with van der Waals surface area (Å²) in [4.78, 5) is 16.2. The molecule has 0 unspecified atom stereocenters. The Hall–Kier alpha value is -1.88. The van der Waals surface area contributed by atoms with Gasteiger partial charge in [-0.1, -0.05) is 25.1 Å². The molecule has 1 heterocycles. The van der Waals surface area contributed by atoms with Crippen LogP contribution in [-0.4, -0.2) is 10.9 Å². The molecule has 1 aromatic carbocycles. The van der Waals surface area contributed by atoms with E-state index in [2.05, 4.69) is 26.2 Å². The molecule has 0 aliphatic carbocycles. The Kier molecular flexibility index (Phi) is 4.16. The molecule has 98 valence electrons. The number of hydrogen-bond donors (Lipinski definition) is 2. The number of anilines is 2. The Balaban J connectivity index is 2.28. The van der Waals surface area contributed by atoms with Gasteiger partial charge in [0.1, 0.15) is 5.82 Å². The molecule has 2 aromatic rings. The molecule has 0 fully saturated rings. The van der Waals surface area contributed by atoms with Crippen LogP contribution in [-0.2, 0) is 6.42 Å². The van der Waals surface area contributed by atoms with Gasteiger partial charge in [0, 0.05) is 16.4 Å². The Labute approximate surface area is 120 Å². The first-order valence-electron chi connectivity index (χ1n) is 5.92. The molecule has 1 amide bonds. The molecule has 0 aliphatic rings. The van der Waals surface area contributed by atoms with Crippen LogP contribution in [0.1, 0.15) is 22.8 Å². The summed E-state index contributed by atoms with van der Waals surface area (Å²) in [7, 11) is 0. The number of carbonyl (C=O) groups excluding carboxylic acids is 1. The highest BCUT2D eigenvalue weighted by Crippen LogP contribution is 2.20. The van der Waals surface area contributed by atoms with Gasteiger partial charge in [-0.15, -0.1) is 0 Å². The van der Waals surface area contributed by atoms with Gasteiger partial charge in [-0.3, -0.25) is 4.79 Å². The molecule has 0 saturated heterocycles. The molecule has 0 aliphatic heterocycles. The van der Waals surface area contributed by atoms with Crippen LogP contribution in [0.15, 0.2) is 41.0 Å². The maximum atomic E-state index is 12.2. The van der Waals surface area contributed by atoms with Crippen LogP contribution in [0, 0.1) is 0 Å². The van der Waals surface area contributed by atoms with Crippen molar-refractivity contribution in [1.82, 2.24) is 4.98 Å². The highest BCUT2D eigenvalue weighted by molar-refractivity contribution is 9.10. The summed E-state index contributed by atoms with van der Waals surface area (Å²) in [5.74, 6) is -0.0399. The first kappa shape index (κ1) is 13.5. The van der Waals surface area contributed by atoms with Crippen LogP contribution in [0.25, 0.3) is 0 Å². The molecular formula is C14H14BrN3O. The van der Waals surface area contributed by atoms with Gasteiger partial charge in [0.15, 0.2) is 0 Å². The number of para-hydroxylation sites is 1. The third kappa shape index (κ3) is 3.12. The highest BCUT2D eigenvalue weighted by atomic mass is 79.9. The fraction of sp³-hybridized carbons (Fsp3) is 0.143. The summed E-state index contributed by atoms with van der Waals surface area (Å²) >= 11 is 3.28. The van der Waals surface area contributed by atoms with Crippen molar-refractivity contribution in [2.24, 2.45) is 0 Å². The third-order valence-electron chi connectivity index (χ3n) is 2.78. The van der Waals surface area contributed by atoms with Gasteiger partial charge >= 0.3 is 0 Å². The fourth-order valence-electron chi connectivity index (χ4n) is 1.77. The predicted molar refractivity (Wildman–Crippen MR) is 80.1 cm³/mol. The SMILES string of the molecule is CCc1ccccc1NC(=O)c1cc(Br)cnc1N. The lowest BCUT2D eigenvalue weighted by Crippen LogP contribution is -2.15. The lowest BCUT2D eigenvalue weighted by atomic mass is 10.1. The molecule has 19 heavy (non-hydrogen) atoms. The number of aryl methyl sites for hydroxylation is 1. The average molecular weight is 320 g/mol. The first-order chi connectivity index (χ1) is 9.11. The van der Waals surface area contributed by atoms with Crippen molar-refractivity contribution >= 4 is 33.3 Å². The minimum absolute atomic E-state index is 0.217. The standard InChI is InChI=1S/C14H14BrN3O/c1-2-9-5-3-4-6-12(9)18-14(19)11-7-10(15)8-17-13(11)16/h3-8H,2H2,1H3,(H2,16,17)(H,18,19). The van der Waals surface area contributed by atoms with Gasteiger partial charge in [-0.2, -0.15) is 0 Å². The quantitative estimate of drug-likeness (QED) is 0.912. The van der Waals surface area contributed by atoms with Crippen molar-refractivity contribution in [1.29, 1.82) is 0 Å². The Morgan fingerprint density at radius 3 is 2.89 bits per heavy atom. The van der Waals surface area contributed by atoms with Crippen molar-refractivity contribution in [3.05, 3.63) is 52.1 Å². The second-order valence-electron chi connectivity index (χ2n) is 4.05. The van der Waals surface area contributed by atoms with Gasteiger partial charge in [-0.25, -0.2) is 4.98 Å².